The lowest BCUT2D eigenvalue weighted by molar-refractivity contribution is 0.0706. The molecule has 0 atom stereocenters. The summed E-state index contributed by atoms with van der Waals surface area (Å²) >= 11 is 1.17. The maximum atomic E-state index is 10.5. The van der Waals surface area contributed by atoms with Gasteiger partial charge in [-0.15, -0.1) is 11.3 Å². The molecular formula is C4H4N2O2S. The molecule has 0 aromatic carbocycles. The van der Waals surface area contributed by atoms with E-state index in [0.717, 1.165) is 0 Å². The molecule has 0 fully saturated rings. The summed E-state index contributed by atoms with van der Waals surface area (Å²) < 4.78 is 0. The highest BCUT2D eigenvalue weighted by Gasteiger charge is 2.03. The van der Waals surface area contributed by atoms with Gasteiger partial charge in [0.2, 0.25) is 0 Å². The van der Waals surface area contributed by atoms with E-state index in [1.165, 1.54) is 23.0 Å². The van der Waals surface area contributed by atoms with Crippen molar-refractivity contribution in [2.75, 3.05) is 0 Å². The van der Waals surface area contributed by atoms with Crippen LogP contribution < -0.4 is 5.48 Å². The Hall–Kier alpha value is -0.940. The van der Waals surface area contributed by atoms with Crippen LogP contribution in [0.25, 0.3) is 0 Å². The maximum Gasteiger partial charge on any atom is 0.303 e. The van der Waals surface area contributed by atoms with Crippen molar-refractivity contribution in [1.82, 2.24) is 10.5 Å². The first kappa shape index (κ1) is 6.18. The molecule has 0 spiro atoms. The number of nitrogens with one attached hydrogen (secondary N) is 1. The highest BCUT2D eigenvalue weighted by molar-refractivity contribution is 7.11. The maximum absolute atomic E-state index is 10.5. The molecule has 0 saturated heterocycles. The largest absolute Gasteiger partial charge is 0.303 e. The minimum Gasteiger partial charge on any atom is -0.288 e. The van der Waals surface area contributed by atoms with Gasteiger partial charge in [0, 0.05) is 11.6 Å². The van der Waals surface area contributed by atoms with Crippen LogP contribution in [-0.4, -0.2) is 16.1 Å². The minimum atomic E-state index is -0.565. The molecule has 0 saturated carbocycles. The van der Waals surface area contributed by atoms with E-state index in [0.29, 0.717) is 0 Å². The van der Waals surface area contributed by atoms with Gasteiger partial charge in [-0.2, -0.15) is 0 Å². The number of hydrogen-bond acceptors (Lipinski definition) is 4. The third-order valence-electron chi connectivity index (χ3n) is 0.728. The zero-order valence-corrected chi connectivity index (χ0v) is 5.18. The Morgan fingerprint density at radius 2 is 2.67 bits per heavy atom. The van der Waals surface area contributed by atoms with Crippen molar-refractivity contribution >= 4 is 17.2 Å². The molecule has 0 unspecified atom stereocenters. The number of nitrogens with zero attached hydrogens (tertiary/aromatic N) is 1. The fourth-order valence-electron chi connectivity index (χ4n) is 0.383. The molecule has 1 aromatic heterocycles. The molecule has 4 nitrogen and oxygen atoms in total. The van der Waals surface area contributed by atoms with Gasteiger partial charge in [0.05, 0.1) is 0 Å². The Bertz CT molecular complexity index is 196. The molecule has 1 amide bonds. The lowest BCUT2D eigenvalue weighted by atomic mass is 10.7. The molecule has 0 aliphatic carbocycles. The van der Waals surface area contributed by atoms with Gasteiger partial charge in [-0.05, 0) is 0 Å². The van der Waals surface area contributed by atoms with Gasteiger partial charge in [0.25, 0.3) is 0 Å². The van der Waals surface area contributed by atoms with E-state index in [1.54, 1.807) is 5.38 Å². The van der Waals surface area contributed by atoms with Crippen molar-refractivity contribution in [2.45, 2.75) is 0 Å². The molecule has 2 N–H and O–H groups in total. The van der Waals surface area contributed by atoms with E-state index in [-0.39, 0.29) is 5.01 Å². The van der Waals surface area contributed by atoms with E-state index in [9.17, 15) is 4.79 Å². The van der Waals surface area contributed by atoms with Crippen LogP contribution in [0.5, 0.6) is 0 Å². The monoisotopic (exact) mass is 144 g/mol. The third-order valence-corrected chi connectivity index (χ3v) is 1.50. The number of rotatable bonds is 1. The van der Waals surface area contributed by atoms with Gasteiger partial charge in [0.15, 0.2) is 5.01 Å². The predicted octanol–water partition coefficient (Wildman–Crippen LogP) is 0.262. The summed E-state index contributed by atoms with van der Waals surface area (Å²) in [6.45, 7) is 0. The van der Waals surface area contributed by atoms with Crippen LogP contribution in [0.4, 0.5) is 0 Å². The Morgan fingerprint density at radius 1 is 1.89 bits per heavy atom. The highest BCUT2D eigenvalue weighted by atomic mass is 32.1. The number of thiazole rings is 1. The average Bonchev–Trinajstić information content (AvgIpc) is 2.37. The van der Waals surface area contributed by atoms with Crippen molar-refractivity contribution in [3.8, 4) is 0 Å². The van der Waals surface area contributed by atoms with E-state index < -0.39 is 5.91 Å². The number of carbonyl (C=O) groups excluding carboxylic acids is 1. The average molecular weight is 144 g/mol. The van der Waals surface area contributed by atoms with Gasteiger partial charge in [0.1, 0.15) is 0 Å². The second kappa shape index (κ2) is 2.56. The lowest BCUT2D eigenvalue weighted by Crippen LogP contribution is -2.17. The SMILES string of the molecule is O=C(NO)c1nccs1. The Labute approximate surface area is 55.1 Å². The predicted molar refractivity (Wildman–Crippen MR) is 31.4 cm³/mol. The quantitative estimate of drug-likeness (QED) is 0.439. The zero-order chi connectivity index (χ0) is 6.69. The van der Waals surface area contributed by atoms with Crippen molar-refractivity contribution < 1.29 is 10.0 Å². The molecule has 1 heterocycles. The molecule has 1 rings (SSSR count). The van der Waals surface area contributed by atoms with Crippen LogP contribution in [0.15, 0.2) is 11.6 Å². The lowest BCUT2D eigenvalue weighted by Gasteiger charge is -1.87. The van der Waals surface area contributed by atoms with Crippen molar-refractivity contribution in [3.63, 3.8) is 0 Å². The fraction of sp³-hybridized carbons (Fsp3) is 0. The topological polar surface area (TPSA) is 62.2 Å². The van der Waals surface area contributed by atoms with E-state index >= 15 is 0 Å². The molecule has 0 aliphatic rings. The number of hydroxylamine groups is 1. The van der Waals surface area contributed by atoms with Crippen molar-refractivity contribution in [2.24, 2.45) is 0 Å². The Balaban J connectivity index is 2.77. The number of carbonyl (C=O) groups is 1. The Kier molecular flexibility index (Phi) is 1.76. The first-order valence-electron chi connectivity index (χ1n) is 2.18. The first-order valence-corrected chi connectivity index (χ1v) is 3.06. The highest BCUT2D eigenvalue weighted by Crippen LogP contribution is 2.01. The van der Waals surface area contributed by atoms with Crippen LogP contribution >= 0.6 is 11.3 Å². The summed E-state index contributed by atoms with van der Waals surface area (Å²) in [7, 11) is 0. The fourth-order valence-corrected chi connectivity index (χ4v) is 0.908. The molecule has 0 bridgehead atoms. The van der Waals surface area contributed by atoms with Gasteiger partial charge in [-0.1, -0.05) is 0 Å². The molecule has 48 valence electrons. The summed E-state index contributed by atoms with van der Waals surface area (Å²) in [6, 6.07) is 0. The molecule has 1 aromatic rings. The minimum absolute atomic E-state index is 0.262. The smallest absolute Gasteiger partial charge is 0.288 e. The number of aromatic nitrogens is 1. The van der Waals surface area contributed by atoms with Gasteiger partial charge < -0.3 is 0 Å². The number of amides is 1. The van der Waals surface area contributed by atoms with Crippen molar-refractivity contribution in [3.05, 3.63) is 16.6 Å². The normalized spacial score (nSPS) is 9.00. The molecule has 0 radical (unpaired) electrons. The van der Waals surface area contributed by atoms with Crippen LogP contribution in [0.1, 0.15) is 9.80 Å². The van der Waals surface area contributed by atoms with Crippen LogP contribution in [0.2, 0.25) is 0 Å². The summed E-state index contributed by atoms with van der Waals surface area (Å²) in [6.07, 6.45) is 1.50. The summed E-state index contributed by atoms with van der Waals surface area (Å²) in [5, 5.41) is 9.99. The summed E-state index contributed by atoms with van der Waals surface area (Å²) in [5.74, 6) is -0.565. The van der Waals surface area contributed by atoms with Gasteiger partial charge in [-0.25, -0.2) is 10.5 Å². The van der Waals surface area contributed by atoms with E-state index in [1.807, 2.05) is 0 Å². The second-order valence-corrected chi connectivity index (χ2v) is 2.17. The molecule has 9 heavy (non-hydrogen) atoms. The Morgan fingerprint density at radius 3 is 3.11 bits per heavy atom. The third kappa shape index (κ3) is 1.24. The zero-order valence-electron chi connectivity index (χ0n) is 4.37. The summed E-state index contributed by atoms with van der Waals surface area (Å²) in [4.78, 5) is 14.1. The van der Waals surface area contributed by atoms with E-state index in [2.05, 4.69) is 4.98 Å². The number of hydrogen-bond donors (Lipinski definition) is 2. The molecule has 0 aliphatic heterocycles. The van der Waals surface area contributed by atoms with Gasteiger partial charge in [-0.3, -0.25) is 10.0 Å². The molecule has 5 heteroatoms. The van der Waals surface area contributed by atoms with Crippen LogP contribution in [0.3, 0.4) is 0 Å². The first-order chi connectivity index (χ1) is 4.34. The van der Waals surface area contributed by atoms with Crippen LogP contribution in [0, 0.1) is 0 Å². The second-order valence-electron chi connectivity index (χ2n) is 1.28. The van der Waals surface area contributed by atoms with Crippen molar-refractivity contribution in [1.29, 1.82) is 0 Å². The van der Waals surface area contributed by atoms with Gasteiger partial charge >= 0.3 is 5.91 Å². The van der Waals surface area contributed by atoms with Crippen LogP contribution in [-0.2, 0) is 0 Å². The standard InChI is InChI=1S/C4H4N2O2S/c7-3(6-8)4-5-1-2-9-4/h1-2,8H,(H,6,7). The van der Waals surface area contributed by atoms with E-state index in [4.69, 9.17) is 5.21 Å². The molecular weight excluding hydrogens is 140 g/mol. The summed E-state index contributed by atoms with van der Waals surface area (Å²) in [5.41, 5.74) is 1.48.